The van der Waals surface area contributed by atoms with Crippen LogP contribution in [0.4, 0.5) is 0 Å². The fraction of sp³-hybridized carbons (Fsp3) is 0.267. The molecule has 3 aromatic rings. The molecule has 20 heavy (non-hydrogen) atoms. The van der Waals surface area contributed by atoms with Crippen LogP contribution in [0.5, 0.6) is 0 Å². The average Bonchev–Trinajstić information content (AvgIpc) is 3.01. The summed E-state index contributed by atoms with van der Waals surface area (Å²) in [5.74, 6) is 0.554. The number of fused-ring (bicyclic) bond motifs is 1. The lowest BCUT2D eigenvalue weighted by Gasteiger charge is -2.13. The van der Waals surface area contributed by atoms with Gasteiger partial charge in [-0.2, -0.15) is 0 Å². The van der Waals surface area contributed by atoms with Crippen LogP contribution in [0.1, 0.15) is 11.3 Å². The smallest absolute Gasteiger partial charge is 0.193 e. The van der Waals surface area contributed by atoms with Crippen molar-refractivity contribution in [2.45, 2.75) is 12.8 Å². The first-order chi connectivity index (χ1) is 9.76. The van der Waals surface area contributed by atoms with Crippen LogP contribution >= 0.6 is 43.2 Å². The predicted molar refractivity (Wildman–Crippen MR) is 91.9 cm³/mol. The highest BCUT2D eigenvalue weighted by atomic mass is 79.9. The average molecular weight is 414 g/mol. The Labute approximate surface area is 139 Å². The number of alkyl halides is 1. The SMILES string of the molecule is BrCC(Cc1cn2ccsc2n1)Cc1ccccc1Br. The molecule has 0 fully saturated rings. The summed E-state index contributed by atoms with van der Waals surface area (Å²) in [6, 6.07) is 8.44. The summed E-state index contributed by atoms with van der Waals surface area (Å²) >= 11 is 8.95. The molecule has 2 heterocycles. The van der Waals surface area contributed by atoms with Gasteiger partial charge in [0.25, 0.3) is 0 Å². The Kier molecular flexibility index (Phi) is 4.58. The van der Waals surface area contributed by atoms with Crippen LogP contribution in [-0.2, 0) is 12.8 Å². The zero-order valence-electron chi connectivity index (χ0n) is 10.8. The normalized spacial score (nSPS) is 12.9. The number of aromatic nitrogens is 2. The van der Waals surface area contributed by atoms with E-state index in [2.05, 4.69) is 83.3 Å². The first kappa shape index (κ1) is 14.3. The fourth-order valence-electron chi connectivity index (χ4n) is 2.33. The maximum absolute atomic E-state index is 4.67. The van der Waals surface area contributed by atoms with Crippen LogP contribution in [0.2, 0.25) is 0 Å². The molecule has 0 bridgehead atoms. The van der Waals surface area contributed by atoms with E-state index in [0.29, 0.717) is 5.92 Å². The number of rotatable bonds is 5. The Morgan fingerprint density at radius 2 is 2.10 bits per heavy atom. The van der Waals surface area contributed by atoms with E-state index < -0.39 is 0 Å². The number of hydrogen-bond donors (Lipinski definition) is 0. The molecule has 1 unspecified atom stereocenters. The van der Waals surface area contributed by atoms with Gasteiger partial charge in [-0.05, 0) is 30.4 Å². The Bertz CT molecular complexity index is 676. The maximum Gasteiger partial charge on any atom is 0.193 e. The third-order valence-electron chi connectivity index (χ3n) is 3.33. The van der Waals surface area contributed by atoms with Crippen molar-refractivity contribution in [2.24, 2.45) is 5.92 Å². The van der Waals surface area contributed by atoms with Crippen LogP contribution in [0, 0.1) is 5.92 Å². The molecule has 0 spiro atoms. The molecule has 0 amide bonds. The van der Waals surface area contributed by atoms with Crippen LogP contribution in [0.15, 0.2) is 46.5 Å². The first-order valence-corrected chi connectivity index (χ1v) is 9.26. The molecule has 0 N–H and O–H groups in total. The minimum atomic E-state index is 0.554. The van der Waals surface area contributed by atoms with E-state index in [0.717, 1.165) is 23.1 Å². The van der Waals surface area contributed by atoms with Gasteiger partial charge in [0.05, 0.1) is 5.69 Å². The van der Waals surface area contributed by atoms with Crippen molar-refractivity contribution in [1.82, 2.24) is 9.38 Å². The third-order valence-corrected chi connectivity index (χ3v) is 5.79. The maximum atomic E-state index is 4.67. The van der Waals surface area contributed by atoms with Gasteiger partial charge < -0.3 is 0 Å². The Hall–Kier alpha value is -0.650. The predicted octanol–water partition coefficient (Wildman–Crippen LogP) is 4.95. The summed E-state index contributed by atoms with van der Waals surface area (Å²) in [5.41, 5.74) is 2.53. The molecular weight excluding hydrogens is 400 g/mol. The second-order valence-corrected chi connectivity index (χ2v) is 7.22. The van der Waals surface area contributed by atoms with Gasteiger partial charge >= 0.3 is 0 Å². The summed E-state index contributed by atoms with van der Waals surface area (Å²) < 4.78 is 3.29. The number of nitrogens with zero attached hydrogens (tertiary/aromatic N) is 2. The van der Waals surface area contributed by atoms with Gasteiger partial charge in [-0.25, -0.2) is 4.98 Å². The molecule has 3 rings (SSSR count). The van der Waals surface area contributed by atoms with Gasteiger partial charge in [0.2, 0.25) is 0 Å². The second kappa shape index (κ2) is 6.41. The highest BCUT2D eigenvalue weighted by Crippen LogP contribution is 2.23. The lowest BCUT2D eigenvalue weighted by molar-refractivity contribution is 0.583. The molecule has 2 aromatic heterocycles. The van der Waals surface area contributed by atoms with Crippen molar-refractivity contribution in [3.05, 3.63) is 57.8 Å². The molecule has 0 aliphatic carbocycles. The molecule has 0 saturated heterocycles. The van der Waals surface area contributed by atoms with Crippen molar-refractivity contribution in [1.29, 1.82) is 0 Å². The van der Waals surface area contributed by atoms with E-state index in [4.69, 9.17) is 0 Å². The quantitative estimate of drug-likeness (QED) is 0.540. The molecule has 0 aliphatic heterocycles. The van der Waals surface area contributed by atoms with Crippen molar-refractivity contribution in [3.63, 3.8) is 0 Å². The highest BCUT2D eigenvalue weighted by molar-refractivity contribution is 9.10. The third kappa shape index (κ3) is 3.15. The van der Waals surface area contributed by atoms with Gasteiger partial charge in [0, 0.05) is 27.6 Å². The van der Waals surface area contributed by atoms with E-state index in [1.165, 1.54) is 15.7 Å². The summed E-state index contributed by atoms with van der Waals surface area (Å²) in [7, 11) is 0. The molecule has 5 heteroatoms. The van der Waals surface area contributed by atoms with Crippen LogP contribution in [0.3, 0.4) is 0 Å². The number of halogens is 2. The fourth-order valence-corrected chi connectivity index (χ4v) is 3.95. The molecule has 0 aliphatic rings. The van der Waals surface area contributed by atoms with Gasteiger partial charge in [0.1, 0.15) is 0 Å². The Balaban J connectivity index is 1.74. The van der Waals surface area contributed by atoms with E-state index in [-0.39, 0.29) is 0 Å². The van der Waals surface area contributed by atoms with E-state index in [9.17, 15) is 0 Å². The minimum absolute atomic E-state index is 0.554. The van der Waals surface area contributed by atoms with Gasteiger partial charge in [0.15, 0.2) is 4.96 Å². The standard InChI is InChI=1S/C15H14Br2N2S/c16-9-11(7-12-3-1-2-4-14(12)17)8-13-10-19-5-6-20-15(19)18-13/h1-6,10-11H,7-9H2. The zero-order chi connectivity index (χ0) is 13.9. The van der Waals surface area contributed by atoms with Crippen LogP contribution in [0.25, 0.3) is 4.96 Å². The summed E-state index contributed by atoms with van der Waals surface area (Å²) in [5, 5.41) is 3.05. The molecular formula is C15H14Br2N2S. The Morgan fingerprint density at radius 1 is 1.25 bits per heavy atom. The monoisotopic (exact) mass is 412 g/mol. The molecule has 104 valence electrons. The number of imidazole rings is 1. The minimum Gasteiger partial charge on any atom is -0.297 e. The van der Waals surface area contributed by atoms with Crippen molar-refractivity contribution in [2.75, 3.05) is 5.33 Å². The lowest BCUT2D eigenvalue weighted by Crippen LogP contribution is -2.10. The van der Waals surface area contributed by atoms with Crippen LogP contribution < -0.4 is 0 Å². The zero-order valence-corrected chi connectivity index (χ0v) is 14.8. The largest absolute Gasteiger partial charge is 0.297 e. The number of thiazole rings is 1. The molecule has 0 radical (unpaired) electrons. The van der Waals surface area contributed by atoms with E-state index >= 15 is 0 Å². The Morgan fingerprint density at radius 3 is 2.85 bits per heavy atom. The van der Waals surface area contributed by atoms with Crippen molar-refractivity contribution < 1.29 is 0 Å². The summed E-state index contributed by atoms with van der Waals surface area (Å²) in [6.07, 6.45) is 6.26. The van der Waals surface area contributed by atoms with Crippen molar-refractivity contribution >= 4 is 48.2 Å². The number of hydrogen-bond acceptors (Lipinski definition) is 2. The van der Waals surface area contributed by atoms with Gasteiger partial charge in [-0.15, -0.1) is 11.3 Å². The molecule has 2 nitrogen and oxygen atoms in total. The summed E-state index contributed by atoms with van der Waals surface area (Å²) in [4.78, 5) is 5.75. The molecule has 1 aromatic carbocycles. The van der Waals surface area contributed by atoms with E-state index in [1.54, 1.807) is 11.3 Å². The number of benzene rings is 1. The van der Waals surface area contributed by atoms with Crippen LogP contribution in [-0.4, -0.2) is 14.7 Å². The first-order valence-electron chi connectivity index (χ1n) is 6.46. The lowest BCUT2D eigenvalue weighted by atomic mass is 9.97. The van der Waals surface area contributed by atoms with Gasteiger partial charge in [-0.3, -0.25) is 4.40 Å². The molecule has 0 saturated carbocycles. The summed E-state index contributed by atoms with van der Waals surface area (Å²) in [6.45, 7) is 0. The highest BCUT2D eigenvalue weighted by Gasteiger charge is 2.13. The van der Waals surface area contributed by atoms with Gasteiger partial charge in [-0.1, -0.05) is 50.1 Å². The van der Waals surface area contributed by atoms with E-state index in [1.807, 2.05) is 0 Å². The topological polar surface area (TPSA) is 17.3 Å². The van der Waals surface area contributed by atoms with Crippen molar-refractivity contribution in [3.8, 4) is 0 Å². The second-order valence-electron chi connectivity index (χ2n) is 4.85. The molecule has 1 atom stereocenters.